The number of carbonyl (C=O) groups is 4. The van der Waals surface area contributed by atoms with Gasteiger partial charge >= 0.3 is 12.1 Å². The Kier molecular flexibility index (Phi) is 7.62. The highest BCUT2D eigenvalue weighted by Crippen LogP contribution is 2.46. The summed E-state index contributed by atoms with van der Waals surface area (Å²) in [4.78, 5) is 56.6. The monoisotopic (exact) mass is 501 g/mol. The summed E-state index contributed by atoms with van der Waals surface area (Å²) in [5.74, 6) is -2.76. The van der Waals surface area contributed by atoms with Crippen molar-refractivity contribution in [3.8, 4) is 0 Å². The second kappa shape index (κ2) is 11.0. The number of fused-ring (bicyclic) bond motifs is 1. The third kappa shape index (κ3) is 5.20. The van der Waals surface area contributed by atoms with E-state index in [0.29, 0.717) is 23.4 Å². The molecule has 2 N–H and O–H groups in total. The van der Waals surface area contributed by atoms with Crippen molar-refractivity contribution in [1.82, 2.24) is 10.3 Å². The van der Waals surface area contributed by atoms with E-state index in [1.165, 1.54) is 11.1 Å². The number of ether oxygens (including phenoxy) is 1. The van der Waals surface area contributed by atoms with Crippen LogP contribution < -0.4 is 10.2 Å². The summed E-state index contributed by atoms with van der Waals surface area (Å²) in [6.07, 6.45) is 1.31. The molecule has 0 bridgehead atoms. The molecule has 2 heterocycles. The molecule has 0 radical (unpaired) electrons. The average molecular weight is 502 g/mol. The van der Waals surface area contributed by atoms with Crippen molar-refractivity contribution in [2.45, 2.75) is 38.5 Å². The molecule has 3 atom stereocenters. The number of hydrogen-bond donors (Lipinski definition) is 2. The van der Waals surface area contributed by atoms with Crippen molar-refractivity contribution in [2.24, 2.45) is 5.92 Å². The molecule has 1 aliphatic rings. The number of aldehydes is 1. The number of Topliss-reactive ketones (excluding diaryl/α,β-unsaturated/α-hetero) is 1. The van der Waals surface area contributed by atoms with Crippen LogP contribution in [0.1, 0.15) is 41.3 Å². The summed E-state index contributed by atoms with van der Waals surface area (Å²) < 4.78 is 5.30. The first-order valence-electron chi connectivity index (χ1n) is 11.9. The Balaban J connectivity index is 1.66. The Morgan fingerprint density at radius 1 is 1.05 bits per heavy atom. The van der Waals surface area contributed by atoms with E-state index in [2.05, 4.69) is 10.3 Å². The molecule has 9 heteroatoms. The van der Waals surface area contributed by atoms with Gasteiger partial charge in [0.05, 0.1) is 12.0 Å². The summed E-state index contributed by atoms with van der Waals surface area (Å²) in [6.45, 7) is 3.60. The highest BCUT2D eigenvalue weighted by Gasteiger charge is 2.47. The van der Waals surface area contributed by atoms with Crippen LogP contribution in [0.5, 0.6) is 0 Å². The van der Waals surface area contributed by atoms with E-state index >= 15 is 0 Å². The molecule has 1 aromatic heterocycles. The van der Waals surface area contributed by atoms with Gasteiger partial charge in [-0.25, -0.2) is 14.6 Å². The summed E-state index contributed by atoms with van der Waals surface area (Å²) >= 11 is 0. The zero-order valence-corrected chi connectivity index (χ0v) is 20.4. The van der Waals surface area contributed by atoms with E-state index in [1.807, 2.05) is 30.3 Å². The molecule has 1 amide bonds. The van der Waals surface area contributed by atoms with Crippen molar-refractivity contribution >= 4 is 35.6 Å². The van der Waals surface area contributed by atoms with E-state index in [1.54, 1.807) is 50.2 Å². The zero-order valence-electron chi connectivity index (χ0n) is 20.4. The van der Waals surface area contributed by atoms with Gasteiger partial charge in [0.25, 0.3) is 0 Å². The maximum Gasteiger partial charge on any atom is 0.408 e. The first-order chi connectivity index (χ1) is 17.8. The maximum atomic E-state index is 13.8. The third-order valence-corrected chi connectivity index (χ3v) is 6.29. The van der Waals surface area contributed by atoms with Crippen molar-refractivity contribution in [1.29, 1.82) is 0 Å². The minimum absolute atomic E-state index is 0.0406. The van der Waals surface area contributed by atoms with E-state index in [0.717, 1.165) is 5.56 Å². The van der Waals surface area contributed by atoms with Gasteiger partial charge in [-0.05, 0) is 35.2 Å². The number of hydrogen-bond acceptors (Lipinski definition) is 7. The number of aliphatic carboxylic acids is 1. The highest BCUT2D eigenvalue weighted by molar-refractivity contribution is 6.07. The first-order valence-corrected chi connectivity index (χ1v) is 11.9. The SMILES string of the molecule is CC(C)C(NC(=O)OCc1ccccc1)C(=O)c1cccc2c1C(C=O)[C@@H](C(=O)O)N2c1ccccn1. The van der Waals surface area contributed by atoms with Crippen LogP contribution in [0, 0.1) is 5.92 Å². The number of benzene rings is 2. The minimum Gasteiger partial charge on any atom is -0.480 e. The van der Waals surface area contributed by atoms with E-state index < -0.39 is 35.8 Å². The Morgan fingerprint density at radius 3 is 2.41 bits per heavy atom. The van der Waals surface area contributed by atoms with Gasteiger partial charge in [0.1, 0.15) is 24.8 Å². The molecule has 2 unspecified atom stereocenters. The lowest BCUT2D eigenvalue weighted by Gasteiger charge is -2.24. The van der Waals surface area contributed by atoms with Gasteiger partial charge in [-0.15, -0.1) is 0 Å². The van der Waals surface area contributed by atoms with Crippen molar-refractivity contribution in [2.75, 3.05) is 4.90 Å². The van der Waals surface area contributed by atoms with Gasteiger partial charge in [-0.2, -0.15) is 0 Å². The van der Waals surface area contributed by atoms with Crippen molar-refractivity contribution < 1.29 is 29.0 Å². The van der Waals surface area contributed by atoms with Gasteiger partial charge in [0, 0.05) is 17.4 Å². The molecule has 0 saturated carbocycles. The largest absolute Gasteiger partial charge is 0.480 e. The van der Waals surface area contributed by atoms with Crippen LogP contribution in [0.3, 0.4) is 0 Å². The lowest BCUT2D eigenvalue weighted by molar-refractivity contribution is -0.139. The van der Waals surface area contributed by atoms with Gasteiger partial charge in [0.15, 0.2) is 5.78 Å². The van der Waals surface area contributed by atoms with E-state index in [9.17, 15) is 24.3 Å². The van der Waals surface area contributed by atoms with Crippen LogP contribution in [-0.2, 0) is 20.9 Å². The molecule has 37 heavy (non-hydrogen) atoms. The summed E-state index contributed by atoms with van der Waals surface area (Å²) in [6, 6.07) is 16.8. The standard InChI is InChI=1S/C28H27N3O6/c1-17(2)24(30-28(36)37-16-18-9-4-3-5-10-18)26(33)19-11-8-12-21-23(19)20(15-32)25(27(34)35)31(21)22-13-6-7-14-29-22/h3-15,17,20,24-25H,16H2,1-2H3,(H,30,36)(H,34,35)/t20?,24?,25-/m0/s1. The normalized spacial score (nSPS) is 17.1. The number of carboxylic acid groups (broad SMARTS) is 1. The average Bonchev–Trinajstić information content (AvgIpc) is 3.26. The summed E-state index contributed by atoms with van der Waals surface area (Å²) in [5.41, 5.74) is 1.67. The summed E-state index contributed by atoms with van der Waals surface area (Å²) in [5, 5.41) is 12.7. The Labute approximate surface area is 214 Å². The fourth-order valence-corrected chi connectivity index (χ4v) is 4.56. The number of anilines is 2. The zero-order chi connectivity index (χ0) is 26.5. The number of amides is 1. The Hall–Kier alpha value is -4.53. The fraction of sp³-hybridized carbons (Fsp3) is 0.250. The number of aromatic nitrogens is 1. The van der Waals surface area contributed by atoms with Crippen molar-refractivity contribution in [3.05, 3.63) is 89.6 Å². The number of pyridine rings is 1. The number of ketones is 1. The molecule has 0 fully saturated rings. The number of carboxylic acids is 1. The number of carbonyl (C=O) groups excluding carboxylic acids is 3. The minimum atomic E-state index is -1.28. The molecule has 4 rings (SSSR count). The smallest absolute Gasteiger partial charge is 0.408 e. The van der Waals surface area contributed by atoms with Gasteiger partial charge in [-0.1, -0.05) is 62.4 Å². The lowest BCUT2D eigenvalue weighted by atomic mass is 9.86. The quantitative estimate of drug-likeness (QED) is 0.332. The predicted octanol–water partition coefficient (Wildman–Crippen LogP) is 4.10. The molecular weight excluding hydrogens is 474 g/mol. The molecule has 0 saturated heterocycles. The highest BCUT2D eigenvalue weighted by atomic mass is 16.5. The van der Waals surface area contributed by atoms with Crippen LogP contribution >= 0.6 is 0 Å². The van der Waals surface area contributed by atoms with E-state index in [-0.39, 0.29) is 18.1 Å². The lowest BCUT2D eigenvalue weighted by Crippen LogP contribution is -2.45. The Bertz CT molecular complexity index is 1300. The molecule has 9 nitrogen and oxygen atoms in total. The summed E-state index contributed by atoms with van der Waals surface area (Å²) in [7, 11) is 0. The van der Waals surface area contributed by atoms with Crippen LogP contribution in [0.25, 0.3) is 0 Å². The molecule has 3 aromatic rings. The number of alkyl carbamates (subject to hydrolysis) is 1. The molecule has 0 aliphatic carbocycles. The third-order valence-electron chi connectivity index (χ3n) is 6.29. The number of nitrogens with zero attached hydrogens (tertiary/aromatic N) is 2. The first kappa shape index (κ1) is 25.6. The second-order valence-corrected chi connectivity index (χ2v) is 9.03. The fourth-order valence-electron chi connectivity index (χ4n) is 4.56. The van der Waals surface area contributed by atoms with Crippen molar-refractivity contribution in [3.63, 3.8) is 0 Å². The second-order valence-electron chi connectivity index (χ2n) is 9.03. The van der Waals surface area contributed by atoms with Gasteiger partial charge in [-0.3, -0.25) is 4.79 Å². The molecule has 2 aromatic carbocycles. The molecular formula is C28H27N3O6. The van der Waals surface area contributed by atoms with Gasteiger partial charge < -0.3 is 24.9 Å². The number of rotatable bonds is 9. The number of nitrogens with one attached hydrogen (secondary N) is 1. The van der Waals surface area contributed by atoms with E-state index in [4.69, 9.17) is 4.74 Å². The van der Waals surface area contributed by atoms with Crippen LogP contribution in [0.2, 0.25) is 0 Å². The maximum absolute atomic E-state index is 13.8. The molecule has 190 valence electrons. The predicted molar refractivity (Wildman–Crippen MR) is 136 cm³/mol. The van der Waals surface area contributed by atoms with Crippen LogP contribution in [0.15, 0.2) is 72.9 Å². The molecule has 1 aliphatic heterocycles. The molecule has 0 spiro atoms. The van der Waals surface area contributed by atoms with Crippen LogP contribution in [0.4, 0.5) is 16.3 Å². The Morgan fingerprint density at radius 2 is 1.78 bits per heavy atom. The topological polar surface area (TPSA) is 126 Å². The van der Waals surface area contributed by atoms with Crippen LogP contribution in [-0.4, -0.2) is 46.3 Å². The van der Waals surface area contributed by atoms with Gasteiger partial charge in [0.2, 0.25) is 0 Å².